The van der Waals surface area contributed by atoms with Crippen molar-refractivity contribution in [3.63, 3.8) is 0 Å². The summed E-state index contributed by atoms with van der Waals surface area (Å²) >= 11 is 6.60. The summed E-state index contributed by atoms with van der Waals surface area (Å²) in [6.07, 6.45) is 9.10. The Morgan fingerprint density at radius 1 is 1.15 bits per heavy atom. The molecule has 6 aliphatic rings. The van der Waals surface area contributed by atoms with Gasteiger partial charge < -0.3 is 19.9 Å². The summed E-state index contributed by atoms with van der Waals surface area (Å²) < 4.78 is 6.31. The standard InChI is InChI=1S/C27H34ClN5O/c1-32-11-3-4-19(32)16-34-26-30-24-13-27(9-7-20-22(27)5-2-6-23(20)28)10-8-21(24)25(31-26)33-14-17-12-18(15-33)29-17/h2,5-6,17-19,29H,3-4,7-16H2,1H3/t17?,18?,19-,27?/m0/s1. The van der Waals surface area contributed by atoms with Crippen LogP contribution in [-0.2, 0) is 24.7 Å². The van der Waals surface area contributed by atoms with E-state index in [9.17, 15) is 0 Å². The van der Waals surface area contributed by atoms with Crippen molar-refractivity contribution in [2.45, 2.75) is 74.9 Å². The maximum Gasteiger partial charge on any atom is 0.318 e. The topological polar surface area (TPSA) is 53.5 Å². The van der Waals surface area contributed by atoms with Gasteiger partial charge in [-0.15, -0.1) is 0 Å². The van der Waals surface area contributed by atoms with Gasteiger partial charge in [-0.2, -0.15) is 9.97 Å². The SMILES string of the molecule is CN1CCC[C@H]1COc1nc2c(c(N3CC4CC(C3)N4)n1)CCC1(CCc3c(Cl)cccc31)C2. The molecule has 0 saturated carbocycles. The Hall–Kier alpha value is -1.89. The molecule has 6 nitrogen and oxygen atoms in total. The van der Waals surface area contributed by atoms with E-state index in [1.807, 2.05) is 6.07 Å². The summed E-state index contributed by atoms with van der Waals surface area (Å²) in [6.45, 7) is 3.90. The molecule has 7 heteroatoms. The number of ether oxygens (including phenoxy) is 1. The van der Waals surface area contributed by atoms with Crippen molar-refractivity contribution in [1.82, 2.24) is 20.2 Å². The van der Waals surface area contributed by atoms with Gasteiger partial charge >= 0.3 is 6.01 Å². The minimum Gasteiger partial charge on any atom is -0.462 e. The van der Waals surface area contributed by atoms with Crippen LogP contribution in [0.4, 0.5) is 5.82 Å². The molecule has 4 fully saturated rings. The van der Waals surface area contributed by atoms with E-state index in [0.717, 1.165) is 62.6 Å². The van der Waals surface area contributed by atoms with Gasteiger partial charge in [-0.1, -0.05) is 23.7 Å². The van der Waals surface area contributed by atoms with Crippen LogP contribution in [0.3, 0.4) is 0 Å². The highest BCUT2D eigenvalue weighted by Gasteiger charge is 2.45. The normalized spacial score (nSPS) is 31.9. The fourth-order valence-electron chi connectivity index (χ4n) is 7.30. The molecule has 0 radical (unpaired) electrons. The summed E-state index contributed by atoms with van der Waals surface area (Å²) in [5.41, 5.74) is 5.50. The first-order valence-electron chi connectivity index (χ1n) is 13.1. The molecule has 1 N–H and O–H groups in total. The van der Waals surface area contributed by atoms with E-state index >= 15 is 0 Å². The molecule has 2 aromatic rings. The summed E-state index contributed by atoms with van der Waals surface area (Å²) in [5.74, 6) is 1.13. The number of hydrogen-bond donors (Lipinski definition) is 1. The fourth-order valence-corrected chi connectivity index (χ4v) is 7.56. The van der Waals surface area contributed by atoms with Crippen molar-refractivity contribution in [2.75, 3.05) is 38.2 Å². The number of fused-ring (bicyclic) bond motifs is 5. The van der Waals surface area contributed by atoms with Crippen LogP contribution in [0.1, 0.15) is 54.5 Å². The van der Waals surface area contributed by atoms with Crippen molar-refractivity contribution in [3.05, 3.63) is 45.6 Å². The second kappa shape index (κ2) is 8.07. The van der Waals surface area contributed by atoms with Crippen LogP contribution in [0.2, 0.25) is 5.02 Å². The highest BCUT2D eigenvalue weighted by molar-refractivity contribution is 6.31. The molecule has 2 bridgehead atoms. The van der Waals surface area contributed by atoms with E-state index in [1.165, 1.54) is 41.6 Å². The minimum absolute atomic E-state index is 0.146. The van der Waals surface area contributed by atoms with E-state index in [2.05, 4.69) is 34.3 Å². The Labute approximate surface area is 207 Å². The Bertz CT molecular complexity index is 1110. The van der Waals surface area contributed by atoms with Crippen LogP contribution in [0.15, 0.2) is 18.2 Å². The van der Waals surface area contributed by atoms with Crippen molar-refractivity contribution >= 4 is 17.4 Å². The van der Waals surface area contributed by atoms with Crippen LogP contribution in [-0.4, -0.2) is 66.3 Å². The molecule has 4 saturated heterocycles. The Morgan fingerprint density at radius 3 is 2.71 bits per heavy atom. The number of hydrogen-bond acceptors (Lipinski definition) is 6. The third kappa shape index (κ3) is 3.44. The summed E-state index contributed by atoms with van der Waals surface area (Å²) in [4.78, 5) is 15.0. The predicted octanol–water partition coefficient (Wildman–Crippen LogP) is 3.53. The second-order valence-electron chi connectivity index (χ2n) is 11.3. The molecule has 180 valence electrons. The summed E-state index contributed by atoms with van der Waals surface area (Å²) in [6, 6.07) is 8.69. The van der Waals surface area contributed by atoms with Gasteiger partial charge in [0.05, 0.1) is 5.69 Å². The number of anilines is 1. The minimum atomic E-state index is 0.146. The van der Waals surface area contributed by atoms with Gasteiger partial charge in [0.1, 0.15) is 12.4 Å². The average Bonchev–Trinajstić information content (AvgIpc) is 3.41. The molecule has 2 aliphatic carbocycles. The molecule has 5 heterocycles. The Balaban J connectivity index is 1.23. The van der Waals surface area contributed by atoms with Crippen molar-refractivity contribution in [2.24, 2.45) is 0 Å². The zero-order chi connectivity index (χ0) is 22.9. The first kappa shape index (κ1) is 21.4. The molecule has 3 unspecified atom stereocenters. The third-order valence-corrected chi connectivity index (χ3v) is 9.61. The van der Waals surface area contributed by atoms with Gasteiger partial charge in [-0.3, -0.25) is 0 Å². The maximum atomic E-state index is 6.60. The maximum absolute atomic E-state index is 6.60. The number of rotatable bonds is 4. The smallest absolute Gasteiger partial charge is 0.318 e. The van der Waals surface area contributed by atoms with Gasteiger partial charge in [0, 0.05) is 47.2 Å². The van der Waals surface area contributed by atoms with Gasteiger partial charge in [-0.25, -0.2) is 0 Å². The molecule has 0 amide bonds. The lowest BCUT2D eigenvalue weighted by Gasteiger charge is -2.49. The van der Waals surface area contributed by atoms with Gasteiger partial charge in [0.25, 0.3) is 0 Å². The number of benzene rings is 1. The number of halogens is 1. The lowest BCUT2D eigenvalue weighted by Crippen LogP contribution is -2.67. The second-order valence-corrected chi connectivity index (χ2v) is 11.7. The predicted molar refractivity (Wildman–Crippen MR) is 134 cm³/mol. The van der Waals surface area contributed by atoms with E-state index in [1.54, 1.807) is 0 Å². The van der Waals surface area contributed by atoms with Gasteiger partial charge in [-0.05, 0) is 82.2 Å². The van der Waals surface area contributed by atoms with Crippen molar-refractivity contribution in [3.8, 4) is 6.01 Å². The molecule has 4 aliphatic heterocycles. The molecule has 1 aromatic heterocycles. The van der Waals surface area contributed by atoms with Crippen molar-refractivity contribution in [1.29, 1.82) is 0 Å². The number of likely N-dealkylation sites (N-methyl/N-ethyl adjacent to an activating group) is 1. The Kier molecular flexibility index (Phi) is 5.08. The number of piperidine rings is 1. The molecule has 8 rings (SSSR count). The van der Waals surface area contributed by atoms with E-state index in [0.29, 0.717) is 30.7 Å². The molecule has 34 heavy (non-hydrogen) atoms. The van der Waals surface area contributed by atoms with Gasteiger partial charge in [0.2, 0.25) is 0 Å². The first-order valence-corrected chi connectivity index (χ1v) is 13.5. The number of likely N-dealkylation sites (tertiary alicyclic amines) is 1. The average molecular weight is 480 g/mol. The van der Waals surface area contributed by atoms with Crippen LogP contribution >= 0.6 is 11.6 Å². The Morgan fingerprint density at radius 2 is 1.94 bits per heavy atom. The van der Waals surface area contributed by atoms with E-state index in [-0.39, 0.29) is 5.41 Å². The van der Waals surface area contributed by atoms with Crippen LogP contribution in [0.5, 0.6) is 6.01 Å². The monoisotopic (exact) mass is 479 g/mol. The largest absolute Gasteiger partial charge is 0.462 e. The number of piperazine rings is 1. The molecule has 1 aromatic carbocycles. The molecule has 1 spiro atoms. The lowest BCUT2D eigenvalue weighted by molar-refractivity contribution is 0.186. The fraction of sp³-hybridized carbons (Fsp3) is 0.630. The number of aromatic nitrogens is 2. The first-order chi connectivity index (χ1) is 16.6. The number of nitrogens with one attached hydrogen (secondary N) is 1. The quantitative estimate of drug-likeness (QED) is 0.724. The highest BCUT2D eigenvalue weighted by atomic mass is 35.5. The number of nitrogens with zero attached hydrogens (tertiary/aromatic N) is 4. The molecular weight excluding hydrogens is 446 g/mol. The van der Waals surface area contributed by atoms with Crippen LogP contribution < -0.4 is 15.0 Å². The van der Waals surface area contributed by atoms with Crippen LogP contribution in [0, 0.1) is 0 Å². The van der Waals surface area contributed by atoms with E-state index in [4.69, 9.17) is 26.3 Å². The molecule has 4 atom stereocenters. The lowest BCUT2D eigenvalue weighted by atomic mass is 9.69. The summed E-state index contributed by atoms with van der Waals surface area (Å²) in [7, 11) is 2.19. The zero-order valence-electron chi connectivity index (χ0n) is 20.0. The van der Waals surface area contributed by atoms with E-state index < -0.39 is 0 Å². The molecular formula is C27H34ClN5O. The third-order valence-electron chi connectivity index (χ3n) is 9.25. The summed E-state index contributed by atoms with van der Waals surface area (Å²) in [5, 5.41) is 4.59. The zero-order valence-corrected chi connectivity index (χ0v) is 20.8. The highest BCUT2D eigenvalue weighted by Crippen LogP contribution is 2.50. The van der Waals surface area contributed by atoms with Gasteiger partial charge in [0.15, 0.2) is 0 Å². The van der Waals surface area contributed by atoms with Crippen molar-refractivity contribution < 1.29 is 4.74 Å². The van der Waals surface area contributed by atoms with Crippen LogP contribution in [0.25, 0.3) is 0 Å².